The number of guanidine groups is 1. The second-order valence-electron chi connectivity index (χ2n) is 3.09. The van der Waals surface area contributed by atoms with Gasteiger partial charge in [-0.3, -0.25) is 15.1 Å². The highest BCUT2D eigenvalue weighted by atomic mass is 16.2. The minimum atomic E-state index is -0.464. The van der Waals surface area contributed by atoms with E-state index >= 15 is 0 Å². The molecule has 12 heavy (non-hydrogen) atoms. The van der Waals surface area contributed by atoms with Crippen LogP contribution in [0.4, 0.5) is 0 Å². The first-order chi connectivity index (χ1) is 5.62. The summed E-state index contributed by atoms with van der Waals surface area (Å²) in [6.07, 6.45) is 0.765. The van der Waals surface area contributed by atoms with Crippen molar-refractivity contribution in [1.29, 1.82) is 0 Å². The van der Waals surface area contributed by atoms with Crippen LogP contribution in [0.2, 0.25) is 0 Å². The van der Waals surface area contributed by atoms with Crippen LogP contribution in [0.5, 0.6) is 0 Å². The molecule has 0 aliphatic carbocycles. The summed E-state index contributed by atoms with van der Waals surface area (Å²) in [5.41, 5.74) is -0.464. The SMILES string of the molecule is CCN=C1NC(=O)C(C)(CC)N1. The van der Waals surface area contributed by atoms with E-state index in [1.807, 2.05) is 20.8 Å². The second-order valence-corrected chi connectivity index (χ2v) is 3.09. The smallest absolute Gasteiger partial charge is 0.252 e. The van der Waals surface area contributed by atoms with Crippen LogP contribution >= 0.6 is 0 Å². The zero-order chi connectivity index (χ0) is 9.19. The van der Waals surface area contributed by atoms with Crippen molar-refractivity contribution in [3.8, 4) is 0 Å². The molecular formula is C8H15N3O. The number of carbonyl (C=O) groups is 1. The summed E-state index contributed by atoms with van der Waals surface area (Å²) < 4.78 is 0. The third-order valence-electron chi connectivity index (χ3n) is 2.15. The normalized spacial score (nSPS) is 31.9. The van der Waals surface area contributed by atoms with E-state index < -0.39 is 5.54 Å². The summed E-state index contributed by atoms with van der Waals surface area (Å²) in [5, 5.41) is 5.75. The van der Waals surface area contributed by atoms with Crippen LogP contribution in [-0.4, -0.2) is 24.0 Å². The molecule has 0 aromatic rings. The lowest BCUT2D eigenvalue weighted by atomic mass is 10.0. The highest BCUT2D eigenvalue weighted by Crippen LogP contribution is 2.13. The second kappa shape index (κ2) is 3.13. The lowest BCUT2D eigenvalue weighted by Gasteiger charge is -2.17. The Morgan fingerprint density at radius 1 is 1.50 bits per heavy atom. The van der Waals surface area contributed by atoms with Crippen LogP contribution in [0, 0.1) is 0 Å². The molecule has 4 heteroatoms. The van der Waals surface area contributed by atoms with Crippen LogP contribution in [0.15, 0.2) is 4.99 Å². The van der Waals surface area contributed by atoms with Gasteiger partial charge in [0.05, 0.1) is 0 Å². The van der Waals surface area contributed by atoms with Crippen molar-refractivity contribution in [3.63, 3.8) is 0 Å². The van der Waals surface area contributed by atoms with Crippen LogP contribution in [-0.2, 0) is 4.79 Å². The van der Waals surface area contributed by atoms with Gasteiger partial charge in [0.2, 0.25) is 0 Å². The number of rotatable bonds is 2. The quantitative estimate of drug-likeness (QED) is 0.622. The van der Waals surface area contributed by atoms with E-state index in [0.717, 1.165) is 6.42 Å². The zero-order valence-corrected chi connectivity index (χ0v) is 7.77. The van der Waals surface area contributed by atoms with Crippen molar-refractivity contribution < 1.29 is 4.79 Å². The van der Waals surface area contributed by atoms with E-state index in [0.29, 0.717) is 12.5 Å². The number of nitrogens with one attached hydrogen (secondary N) is 2. The molecule has 0 aromatic carbocycles. The summed E-state index contributed by atoms with van der Waals surface area (Å²) in [6, 6.07) is 0. The monoisotopic (exact) mass is 169 g/mol. The van der Waals surface area contributed by atoms with Gasteiger partial charge in [0.15, 0.2) is 5.96 Å². The summed E-state index contributed by atoms with van der Waals surface area (Å²) in [7, 11) is 0. The highest BCUT2D eigenvalue weighted by Gasteiger charge is 2.38. The number of carbonyl (C=O) groups excluding carboxylic acids is 1. The van der Waals surface area contributed by atoms with Gasteiger partial charge in [-0.15, -0.1) is 0 Å². The van der Waals surface area contributed by atoms with Gasteiger partial charge >= 0.3 is 0 Å². The minimum absolute atomic E-state index is 0.0113. The van der Waals surface area contributed by atoms with Gasteiger partial charge in [-0.25, -0.2) is 0 Å². The number of hydrogen-bond donors (Lipinski definition) is 2. The summed E-state index contributed by atoms with van der Waals surface area (Å²) in [4.78, 5) is 15.4. The predicted octanol–water partition coefficient (Wildman–Crippen LogP) is 0.250. The molecule has 1 atom stereocenters. The van der Waals surface area contributed by atoms with Gasteiger partial charge in [0.1, 0.15) is 5.54 Å². The van der Waals surface area contributed by atoms with E-state index in [-0.39, 0.29) is 5.91 Å². The molecular weight excluding hydrogens is 154 g/mol. The first kappa shape index (κ1) is 9.03. The number of nitrogens with zero attached hydrogens (tertiary/aromatic N) is 1. The Balaban J connectivity index is 2.75. The summed E-state index contributed by atoms with van der Waals surface area (Å²) >= 11 is 0. The molecule has 0 aromatic heterocycles. The van der Waals surface area contributed by atoms with Gasteiger partial charge in [-0.05, 0) is 20.3 Å². The lowest BCUT2D eigenvalue weighted by molar-refractivity contribution is -0.123. The van der Waals surface area contributed by atoms with Crippen LogP contribution in [0.1, 0.15) is 27.2 Å². The average Bonchev–Trinajstić information content (AvgIpc) is 2.30. The number of aliphatic imine (C=N–C) groups is 1. The molecule has 0 radical (unpaired) electrons. The standard InChI is InChI=1S/C8H15N3O/c1-4-8(3)6(12)10-7(11-8)9-5-2/h4-5H2,1-3H3,(H2,9,10,11,12). The Kier molecular flexibility index (Phi) is 2.35. The fourth-order valence-corrected chi connectivity index (χ4v) is 1.08. The average molecular weight is 169 g/mol. The van der Waals surface area contributed by atoms with Gasteiger partial charge in [0.25, 0.3) is 5.91 Å². The lowest BCUT2D eigenvalue weighted by Crippen LogP contribution is -2.42. The van der Waals surface area contributed by atoms with Gasteiger partial charge in [-0.1, -0.05) is 6.92 Å². The van der Waals surface area contributed by atoms with E-state index in [9.17, 15) is 4.79 Å². The highest BCUT2D eigenvalue weighted by molar-refractivity contribution is 6.08. The van der Waals surface area contributed by atoms with Crippen LogP contribution in [0.3, 0.4) is 0 Å². The Morgan fingerprint density at radius 3 is 2.58 bits per heavy atom. The molecule has 1 fully saturated rings. The predicted molar refractivity (Wildman–Crippen MR) is 48.0 cm³/mol. The maximum Gasteiger partial charge on any atom is 0.252 e. The van der Waals surface area contributed by atoms with Crippen molar-refractivity contribution >= 4 is 11.9 Å². The topological polar surface area (TPSA) is 53.5 Å². The van der Waals surface area contributed by atoms with E-state index in [4.69, 9.17) is 0 Å². The molecule has 1 saturated heterocycles. The molecule has 68 valence electrons. The first-order valence-corrected chi connectivity index (χ1v) is 4.26. The number of amides is 1. The van der Waals surface area contributed by atoms with E-state index in [2.05, 4.69) is 15.6 Å². The molecule has 1 unspecified atom stereocenters. The molecule has 0 saturated carbocycles. The molecule has 1 aliphatic heterocycles. The Morgan fingerprint density at radius 2 is 2.17 bits per heavy atom. The molecule has 1 aliphatic rings. The fourth-order valence-electron chi connectivity index (χ4n) is 1.08. The first-order valence-electron chi connectivity index (χ1n) is 4.26. The Labute approximate surface area is 72.4 Å². The Bertz CT molecular complexity index is 224. The van der Waals surface area contributed by atoms with Crippen molar-refractivity contribution in [1.82, 2.24) is 10.6 Å². The Hall–Kier alpha value is -1.06. The third-order valence-corrected chi connectivity index (χ3v) is 2.15. The van der Waals surface area contributed by atoms with E-state index in [1.165, 1.54) is 0 Å². The molecule has 0 bridgehead atoms. The third kappa shape index (κ3) is 1.42. The van der Waals surface area contributed by atoms with Crippen LogP contribution < -0.4 is 10.6 Å². The number of hydrogen-bond acceptors (Lipinski definition) is 2. The van der Waals surface area contributed by atoms with Gasteiger partial charge in [-0.2, -0.15) is 0 Å². The van der Waals surface area contributed by atoms with Crippen molar-refractivity contribution in [3.05, 3.63) is 0 Å². The molecule has 2 N–H and O–H groups in total. The van der Waals surface area contributed by atoms with Gasteiger partial charge in [0, 0.05) is 6.54 Å². The molecule has 4 nitrogen and oxygen atoms in total. The van der Waals surface area contributed by atoms with Crippen molar-refractivity contribution in [2.75, 3.05) is 6.54 Å². The molecule has 1 amide bonds. The maximum absolute atomic E-state index is 11.4. The van der Waals surface area contributed by atoms with Crippen molar-refractivity contribution in [2.24, 2.45) is 4.99 Å². The molecule has 1 heterocycles. The molecule has 1 rings (SSSR count). The van der Waals surface area contributed by atoms with Crippen molar-refractivity contribution in [2.45, 2.75) is 32.7 Å². The molecule has 0 spiro atoms. The largest absolute Gasteiger partial charge is 0.342 e. The van der Waals surface area contributed by atoms with Gasteiger partial charge < -0.3 is 5.32 Å². The zero-order valence-electron chi connectivity index (χ0n) is 7.77. The van der Waals surface area contributed by atoms with E-state index in [1.54, 1.807) is 0 Å². The maximum atomic E-state index is 11.4. The minimum Gasteiger partial charge on any atom is -0.342 e. The summed E-state index contributed by atoms with van der Waals surface area (Å²) in [5.74, 6) is 0.615. The fraction of sp³-hybridized carbons (Fsp3) is 0.750. The van der Waals surface area contributed by atoms with Crippen LogP contribution in [0.25, 0.3) is 0 Å². The summed E-state index contributed by atoms with van der Waals surface area (Å²) in [6.45, 7) is 6.47.